The molecule has 0 radical (unpaired) electrons. The Morgan fingerprint density at radius 2 is 2.37 bits per heavy atom. The first kappa shape index (κ1) is 13.8. The van der Waals surface area contributed by atoms with Gasteiger partial charge in [-0.25, -0.2) is 4.79 Å². The van der Waals surface area contributed by atoms with E-state index < -0.39 is 5.97 Å². The summed E-state index contributed by atoms with van der Waals surface area (Å²) >= 11 is 0. The van der Waals surface area contributed by atoms with Crippen molar-refractivity contribution in [2.45, 2.75) is 6.42 Å². The van der Waals surface area contributed by atoms with Crippen molar-refractivity contribution in [3.05, 3.63) is 29.8 Å². The molecule has 0 aliphatic carbocycles. The molecule has 0 bridgehead atoms. The highest BCUT2D eigenvalue weighted by Gasteiger charge is 2.20. The van der Waals surface area contributed by atoms with E-state index in [1.807, 2.05) is 0 Å². The van der Waals surface area contributed by atoms with Crippen LogP contribution in [0.15, 0.2) is 24.3 Å². The molecule has 0 aromatic heterocycles. The topological polar surface area (TPSA) is 75.8 Å². The molecule has 1 atom stereocenters. The molecule has 1 fully saturated rings. The maximum absolute atomic E-state index is 10.8. The van der Waals surface area contributed by atoms with Gasteiger partial charge in [0.1, 0.15) is 12.4 Å². The molecule has 0 spiro atoms. The molecule has 19 heavy (non-hydrogen) atoms. The smallest absolute Gasteiger partial charge is 0.335 e. The molecular weight excluding hydrogens is 244 g/mol. The molecule has 1 aliphatic heterocycles. The van der Waals surface area contributed by atoms with Crippen molar-refractivity contribution in [2.75, 3.05) is 32.8 Å². The minimum Gasteiger partial charge on any atom is -0.492 e. The van der Waals surface area contributed by atoms with E-state index in [2.05, 4.69) is 4.90 Å². The molecule has 1 heterocycles. The summed E-state index contributed by atoms with van der Waals surface area (Å²) in [4.78, 5) is 13.2. The monoisotopic (exact) mass is 264 g/mol. The average Bonchev–Trinajstić information content (AvgIpc) is 2.87. The van der Waals surface area contributed by atoms with Crippen LogP contribution in [0.3, 0.4) is 0 Å². The number of benzene rings is 1. The zero-order chi connectivity index (χ0) is 13.7. The van der Waals surface area contributed by atoms with Crippen LogP contribution in [0, 0.1) is 5.92 Å². The molecule has 1 unspecified atom stereocenters. The van der Waals surface area contributed by atoms with Crippen molar-refractivity contribution in [1.29, 1.82) is 0 Å². The van der Waals surface area contributed by atoms with Crippen LogP contribution in [0.1, 0.15) is 16.8 Å². The predicted octanol–water partition coefficient (Wildman–Crippen LogP) is 1.04. The number of nitrogens with two attached hydrogens (primary N) is 1. The van der Waals surface area contributed by atoms with Crippen molar-refractivity contribution < 1.29 is 14.6 Å². The minimum absolute atomic E-state index is 0.252. The standard InChI is InChI=1S/C14H20N2O3/c15-9-11-4-5-16(10-11)6-7-19-13-3-1-2-12(8-13)14(17)18/h1-3,8,11H,4-7,9-10,15H2,(H,17,18). The van der Waals surface area contributed by atoms with Crippen LogP contribution >= 0.6 is 0 Å². The number of rotatable bonds is 6. The van der Waals surface area contributed by atoms with Crippen molar-refractivity contribution in [1.82, 2.24) is 4.90 Å². The largest absolute Gasteiger partial charge is 0.492 e. The first-order chi connectivity index (χ1) is 9.19. The van der Waals surface area contributed by atoms with E-state index in [1.54, 1.807) is 24.3 Å². The number of carboxylic acids is 1. The zero-order valence-electron chi connectivity index (χ0n) is 10.9. The first-order valence-corrected chi connectivity index (χ1v) is 6.57. The zero-order valence-corrected chi connectivity index (χ0v) is 10.9. The molecule has 1 aromatic carbocycles. The Morgan fingerprint density at radius 3 is 3.05 bits per heavy atom. The fourth-order valence-electron chi connectivity index (χ4n) is 2.32. The van der Waals surface area contributed by atoms with E-state index >= 15 is 0 Å². The molecule has 5 heteroatoms. The molecule has 1 aliphatic rings. The molecule has 3 N–H and O–H groups in total. The highest BCUT2D eigenvalue weighted by Crippen LogP contribution is 2.16. The summed E-state index contributed by atoms with van der Waals surface area (Å²) in [5.41, 5.74) is 5.90. The van der Waals surface area contributed by atoms with Crippen LogP contribution < -0.4 is 10.5 Å². The van der Waals surface area contributed by atoms with Crippen LogP contribution in [0.5, 0.6) is 5.75 Å². The summed E-state index contributed by atoms with van der Waals surface area (Å²) < 4.78 is 5.59. The van der Waals surface area contributed by atoms with Gasteiger partial charge >= 0.3 is 5.97 Å². The quantitative estimate of drug-likeness (QED) is 0.803. The number of hydrogen-bond donors (Lipinski definition) is 2. The maximum Gasteiger partial charge on any atom is 0.335 e. The van der Waals surface area contributed by atoms with E-state index in [1.165, 1.54) is 0 Å². The Kier molecular flexibility index (Phi) is 4.76. The Balaban J connectivity index is 1.77. The normalized spacial score (nSPS) is 19.5. The van der Waals surface area contributed by atoms with Gasteiger partial charge in [-0.3, -0.25) is 4.90 Å². The van der Waals surface area contributed by atoms with Gasteiger partial charge in [0.2, 0.25) is 0 Å². The van der Waals surface area contributed by atoms with Crippen LogP contribution in [0.4, 0.5) is 0 Å². The molecule has 0 saturated carbocycles. The lowest BCUT2D eigenvalue weighted by Crippen LogP contribution is -2.27. The highest BCUT2D eigenvalue weighted by atomic mass is 16.5. The summed E-state index contributed by atoms with van der Waals surface area (Å²) in [5, 5.41) is 8.89. The van der Waals surface area contributed by atoms with Crippen LogP contribution in [-0.4, -0.2) is 48.8 Å². The Bertz CT molecular complexity index is 436. The first-order valence-electron chi connectivity index (χ1n) is 6.57. The van der Waals surface area contributed by atoms with Gasteiger partial charge < -0.3 is 15.6 Å². The van der Waals surface area contributed by atoms with Crippen LogP contribution in [0.25, 0.3) is 0 Å². The van der Waals surface area contributed by atoms with Gasteiger partial charge in [-0.2, -0.15) is 0 Å². The molecule has 1 aromatic rings. The molecule has 2 rings (SSSR count). The average molecular weight is 264 g/mol. The summed E-state index contributed by atoms with van der Waals surface area (Å²) in [7, 11) is 0. The van der Waals surface area contributed by atoms with E-state index in [4.69, 9.17) is 15.6 Å². The molecule has 1 saturated heterocycles. The van der Waals surface area contributed by atoms with Gasteiger partial charge in [0, 0.05) is 13.1 Å². The molecular formula is C14H20N2O3. The van der Waals surface area contributed by atoms with Gasteiger partial charge in [0.25, 0.3) is 0 Å². The second-order valence-corrected chi connectivity index (χ2v) is 4.87. The van der Waals surface area contributed by atoms with Crippen LogP contribution in [0.2, 0.25) is 0 Å². The van der Waals surface area contributed by atoms with Gasteiger partial charge in [-0.1, -0.05) is 6.07 Å². The van der Waals surface area contributed by atoms with Gasteiger partial charge in [-0.05, 0) is 43.6 Å². The molecule has 0 amide bonds. The fraction of sp³-hybridized carbons (Fsp3) is 0.500. The SMILES string of the molecule is NCC1CCN(CCOc2cccc(C(=O)O)c2)C1. The summed E-state index contributed by atoms with van der Waals surface area (Å²) in [6.45, 7) is 4.28. The Labute approximate surface area is 113 Å². The van der Waals surface area contributed by atoms with Crippen LogP contribution in [-0.2, 0) is 0 Å². The van der Waals surface area contributed by atoms with Crippen molar-refractivity contribution >= 4 is 5.97 Å². The minimum atomic E-state index is -0.934. The van der Waals surface area contributed by atoms with E-state index in [-0.39, 0.29) is 5.56 Å². The maximum atomic E-state index is 10.8. The van der Waals surface area contributed by atoms with E-state index in [9.17, 15) is 4.79 Å². The molecule has 5 nitrogen and oxygen atoms in total. The lowest BCUT2D eigenvalue weighted by Gasteiger charge is -2.16. The van der Waals surface area contributed by atoms with Gasteiger partial charge in [0.05, 0.1) is 5.56 Å². The second-order valence-electron chi connectivity index (χ2n) is 4.87. The predicted molar refractivity (Wildman–Crippen MR) is 72.5 cm³/mol. The van der Waals surface area contributed by atoms with Gasteiger partial charge in [-0.15, -0.1) is 0 Å². The third-order valence-corrected chi connectivity index (χ3v) is 3.46. The van der Waals surface area contributed by atoms with Gasteiger partial charge in [0.15, 0.2) is 0 Å². The summed E-state index contributed by atoms with van der Waals surface area (Å²) in [5.74, 6) is 0.278. The molecule has 104 valence electrons. The highest BCUT2D eigenvalue weighted by molar-refractivity contribution is 5.87. The fourth-order valence-corrected chi connectivity index (χ4v) is 2.32. The summed E-state index contributed by atoms with van der Waals surface area (Å²) in [6, 6.07) is 6.58. The lowest BCUT2D eigenvalue weighted by molar-refractivity contribution is 0.0696. The van der Waals surface area contributed by atoms with Crippen molar-refractivity contribution in [3.8, 4) is 5.75 Å². The van der Waals surface area contributed by atoms with Crippen molar-refractivity contribution in [2.24, 2.45) is 11.7 Å². The Hall–Kier alpha value is -1.59. The number of likely N-dealkylation sites (tertiary alicyclic amines) is 1. The number of nitrogens with zero attached hydrogens (tertiary/aromatic N) is 1. The lowest BCUT2D eigenvalue weighted by atomic mass is 10.1. The van der Waals surface area contributed by atoms with Crippen molar-refractivity contribution in [3.63, 3.8) is 0 Å². The number of carbonyl (C=O) groups is 1. The van der Waals surface area contributed by atoms with E-state index in [0.29, 0.717) is 18.3 Å². The third kappa shape index (κ3) is 3.94. The number of ether oxygens (including phenoxy) is 1. The third-order valence-electron chi connectivity index (χ3n) is 3.46. The van der Waals surface area contributed by atoms with E-state index in [0.717, 1.165) is 32.6 Å². The number of aromatic carboxylic acids is 1. The Morgan fingerprint density at radius 1 is 1.53 bits per heavy atom. The summed E-state index contributed by atoms with van der Waals surface area (Å²) in [6.07, 6.45) is 1.16. The number of hydrogen-bond acceptors (Lipinski definition) is 4. The number of carboxylic acid groups (broad SMARTS) is 1. The second kappa shape index (κ2) is 6.54.